The smallest absolute Gasteiger partial charge is 0.320 e. The van der Waals surface area contributed by atoms with E-state index in [0.29, 0.717) is 24.2 Å². The molecule has 2 unspecified atom stereocenters. The van der Waals surface area contributed by atoms with Gasteiger partial charge in [0.1, 0.15) is 0 Å². The number of urea groups is 1. The number of hydrogen-bond acceptors (Lipinski definition) is 2. The van der Waals surface area contributed by atoms with Crippen LogP contribution in [0.3, 0.4) is 0 Å². The van der Waals surface area contributed by atoms with Crippen LogP contribution >= 0.6 is 0 Å². The Bertz CT molecular complexity index is 316. The van der Waals surface area contributed by atoms with Crippen molar-refractivity contribution in [1.82, 2.24) is 9.80 Å². The molecular weight excluding hydrogens is 252 g/mol. The molecule has 1 aliphatic heterocycles. The maximum Gasteiger partial charge on any atom is 0.320 e. The summed E-state index contributed by atoms with van der Waals surface area (Å²) in [6.45, 7) is 4.37. The number of likely N-dealkylation sites (tertiary alicyclic amines) is 1. The lowest BCUT2D eigenvalue weighted by Crippen LogP contribution is -2.54. The maximum atomic E-state index is 12.8. The molecule has 1 aliphatic carbocycles. The SMILES string of the molecule is COC1CCC(N(C)C(=O)N2C(C)CCCC2C)CC1. The van der Waals surface area contributed by atoms with Crippen LogP contribution in [0.5, 0.6) is 0 Å². The van der Waals surface area contributed by atoms with E-state index in [2.05, 4.69) is 18.7 Å². The molecule has 1 saturated carbocycles. The van der Waals surface area contributed by atoms with Gasteiger partial charge in [-0.2, -0.15) is 0 Å². The molecule has 0 radical (unpaired) electrons. The number of methoxy groups -OCH3 is 1. The number of carbonyl (C=O) groups is 1. The zero-order valence-corrected chi connectivity index (χ0v) is 13.5. The Labute approximate surface area is 123 Å². The predicted octanol–water partition coefficient (Wildman–Crippen LogP) is 3.26. The third-order valence-electron chi connectivity index (χ3n) is 5.24. The van der Waals surface area contributed by atoms with Crippen molar-refractivity contribution in [3.63, 3.8) is 0 Å². The molecule has 4 nitrogen and oxygen atoms in total. The molecule has 0 aromatic rings. The van der Waals surface area contributed by atoms with Gasteiger partial charge in [-0.3, -0.25) is 0 Å². The molecular formula is C16H30N2O2. The van der Waals surface area contributed by atoms with Gasteiger partial charge in [-0.1, -0.05) is 0 Å². The Kier molecular flexibility index (Phi) is 5.30. The quantitative estimate of drug-likeness (QED) is 0.779. The van der Waals surface area contributed by atoms with E-state index < -0.39 is 0 Å². The first kappa shape index (κ1) is 15.6. The number of hydrogen-bond donors (Lipinski definition) is 0. The van der Waals surface area contributed by atoms with Crippen molar-refractivity contribution in [1.29, 1.82) is 0 Å². The minimum atomic E-state index is 0.227. The minimum Gasteiger partial charge on any atom is -0.381 e. The molecule has 2 aliphatic rings. The van der Waals surface area contributed by atoms with Gasteiger partial charge in [0.05, 0.1) is 6.10 Å². The van der Waals surface area contributed by atoms with Gasteiger partial charge in [0.15, 0.2) is 0 Å². The van der Waals surface area contributed by atoms with Crippen molar-refractivity contribution in [2.24, 2.45) is 0 Å². The van der Waals surface area contributed by atoms with E-state index in [0.717, 1.165) is 38.5 Å². The van der Waals surface area contributed by atoms with Crippen LogP contribution < -0.4 is 0 Å². The zero-order chi connectivity index (χ0) is 14.7. The second kappa shape index (κ2) is 6.79. The van der Waals surface area contributed by atoms with Crippen molar-refractivity contribution >= 4 is 6.03 Å². The lowest BCUT2D eigenvalue weighted by molar-refractivity contribution is 0.0388. The van der Waals surface area contributed by atoms with Crippen LogP contribution in [0.2, 0.25) is 0 Å². The van der Waals surface area contributed by atoms with Crippen molar-refractivity contribution in [2.45, 2.75) is 83.0 Å². The first-order valence-electron chi connectivity index (χ1n) is 8.12. The van der Waals surface area contributed by atoms with Crippen molar-refractivity contribution in [3.05, 3.63) is 0 Å². The van der Waals surface area contributed by atoms with Gasteiger partial charge in [-0.05, 0) is 58.8 Å². The summed E-state index contributed by atoms with van der Waals surface area (Å²) in [6, 6.07) is 1.37. The Morgan fingerprint density at radius 2 is 1.60 bits per heavy atom. The van der Waals surface area contributed by atoms with E-state index in [1.807, 2.05) is 11.9 Å². The molecule has 0 aromatic heterocycles. The van der Waals surface area contributed by atoms with Crippen LogP contribution in [0, 0.1) is 0 Å². The molecule has 2 amide bonds. The van der Waals surface area contributed by atoms with E-state index in [1.54, 1.807) is 7.11 Å². The molecule has 1 saturated heterocycles. The fourth-order valence-electron chi connectivity index (χ4n) is 3.80. The second-order valence-corrected chi connectivity index (χ2v) is 6.60. The first-order chi connectivity index (χ1) is 9.54. The Hall–Kier alpha value is -0.770. The highest BCUT2D eigenvalue weighted by Crippen LogP contribution is 2.28. The van der Waals surface area contributed by atoms with E-state index >= 15 is 0 Å². The lowest BCUT2D eigenvalue weighted by Gasteiger charge is -2.43. The second-order valence-electron chi connectivity index (χ2n) is 6.60. The molecule has 2 atom stereocenters. The monoisotopic (exact) mass is 282 g/mol. The largest absolute Gasteiger partial charge is 0.381 e. The third kappa shape index (κ3) is 3.27. The van der Waals surface area contributed by atoms with Crippen LogP contribution in [0.4, 0.5) is 4.79 Å². The average molecular weight is 282 g/mol. The van der Waals surface area contributed by atoms with Gasteiger partial charge in [0, 0.05) is 32.3 Å². The summed E-state index contributed by atoms with van der Waals surface area (Å²) in [7, 11) is 3.77. The first-order valence-corrected chi connectivity index (χ1v) is 8.12. The number of amides is 2. The fourth-order valence-corrected chi connectivity index (χ4v) is 3.80. The molecule has 0 N–H and O–H groups in total. The zero-order valence-electron chi connectivity index (χ0n) is 13.5. The fraction of sp³-hybridized carbons (Fsp3) is 0.938. The van der Waals surface area contributed by atoms with Crippen LogP contribution in [0.1, 0.15) is 58.8 Å². The summed E-state index contributed by atoms with van der Waals surface area (Å²) >= 11 is 0. The molecule has 4 heteroatoms. The van der Waals surface area contributed by atoms with E-state index in [4.69, 9.17) is 4.74 Å². The highest BCUT2D eigenvalue weighted by atomic mass is 16.5. The highest BCUT2D eigenvalue weighted by molar-refractivity contribution is 5.75. The molecule has 116 valence electrons. The molecule has 0 bridgehead atoms. The molecule has 2 fully saturated rings. The number of carbonyl (C=O) groups excluding carboxylic acids is 1. The molecule has 0 aromatic carbocycles. The Balaban J connectivity index is 1.94. The van der Waals surface area contributed by atoms with Gasteiger partial charge in [0.2, 0.25) is 0 Å². The number of rotatable bonds is 2. The molecule has 0 spiro atoms. The van der Waals surface area contributed by atoms with E-state index in [1.165, 1.54) is 6.42 Å². The van der Waals surface area contributed by atoms with Crippen LogP contribution in [0.15, 0.2) is 0 Å². The van der Waals surface area contributed by atoms with E-state index in [-0.39, 0.29) is 6.03 Å². The van der Waals surface area contributed by atoms with Gasteiger partial charge in [-0.15, -0.1) is 0 Å². The molecule has 1 heterocycles. The predicted molar refractivity (Wildman–Crippen MR) is 80.8 cm³/mol. The lowest BCUT2D eigenvalue weighted by atomic mass is 9.92. The van der Waals surface area contributed by atoms with Crippen molar-refractivity contribution in [3.8, 4) is 0 Å². The summed E-state index contributed by atoms with van der Waals surface area (Å²) in [6.07, 6.45) is 8.19. The number of piperidine rings is 1. The van der Waals surface area contributed by atoms with E-state index in [9.17, 15) is 4.79 Å². The number of ether oxygens (including phenoxy) is 1. The average Bonchev–Trinajstić information content (AvgIpc) is 2.46. The topological polar surface area (TPSA) is 32.8 Å². The summed E-state index contributed by atoms with van der Waals surface area (Å²) in [5.41, 5.74) is 0. The summed E-state index contributed by atoms with van der Waals surface area (Å²) in [5, 5.41) is 0. The van der Waals surface area contributed by atoms with Crippen LogP contribution in [-0.2, 0) is 4.74 Å². The van der Waals surface area contributed by atoms with Gasteiger partial charge < -0.3 is 14.5 Å². The third-order valence-corrected chi connectivity index (χ3v) is 5.24. The standard InChI is InChI=1S/C16H30N2O2/c1-12-6-5-7-13(2)18(12)16(19)17(3)14-8-10-15(20-4)11-9-14/h12-15H,5-11H2,1-4H3. The Morgan fingerprint density at radius 3 is 2.10 bits per heavy atom. The van der Waals surface area contributed by atoms with Crippen LogP contribution in [-0.4, -0.2) is 54.2 Å². The van der Waals surface area contributed by atoms with Crippen molar-refractivity contribution in [2.75, 3.05) is 14.2 Å². The maximum absolute atomic E-state index is 12.8. The summed E-state index contributed by atoms with van der Waals surface area (Å²) in [5.74, 6) is 0. The van der Waals surface area contributed by atoms with Crippen molar-refractivity contribution < 1.29 is 9.53 Å². The van der Waals surface area contributed by atoms with Gasteiger partial charge in [-0.25, -0.2) is 4.79 Å². The summed E-state index contributed by atoms with van der Waals surface area (Å²) in [4.78, 5) is 16.9. The van der Waals surface area contributed by atoms with Crippen LogP contribution in [0.25, 0.3) is 0 Å². The summed E-state index contributed by atoms with van der Waals surface area (Å²) < 4.78 is 5.42. The Morgan fingerprint density at radius 1 is 1.05 bits per heavy atom. The number of nitrogens with zero attached hydrogens (tertiary/aromatic N) is 2. The van der Waals surface area contributed by atoms with Gasteiger partial charge >= 0.3 is 6.03 Å². The minimum absolute atomic E-state index is 0.227. The molecule has 2 rings (SSSR count). The molecule has 20 heavy (non-hydrogen) atoms. The highest BCUT2D eigenvalue weighted by Gasteiger charge is 2.34. The van der Waals surface area contributed by atoms with Gasteiger partial charge in [0.25, 0.3) is 0 Å². The normalized spacial score (nSPS) is 34.9.